The van der Waals surface area contributed by atoms with Crippen molar-refractivity contribution < 1.29 is 19.1 Å². The Hall–Kier alpha value is -3.81. The number of rotatable bonds is 10. The van der Waals surface area contributed by atoms with Gasteiger partial charge >= 0.3 is 5.97 Å². The fraction of sp³-hybridized carbons (Fsp3) is 0.378. The zero-order valence-corrected chi connectivity index (χ0v) is 28.3. The van der Waals surface area contributed by atoms with Gasteiger partial charge in [0.2, 0.25) is 5.91 Å². The molecule has 1 aliphatic rings. The maximum Gasteiger partial charge on any atom is 0.337 e. The zero-order valence-electron chi connectivity index (χ0n) is 26.7. The van der Waals surface area contributed by atoms with Crippen molar-refractivity contribution in [2.45, 2.75) is 65.5 Å². The van der Waals surface area contributed by atoms with Gasteiger partial charge in [0, 0.05) is 16.5 Å². The van der Waals surface area contributed by atoms with Gasteiger partial charge < -0.3 is 19.8 Å². The first-order valence-electron chi connectivity index (χ1n) is 15.7. The summed E-state index contributed by atoms with van der Waals surface area (Å²) in [4.78, 5) is 33.4. The number of nitrogens with zero attached hydrogens (tertiary/aromatic N) is 1. The van der Waals surface area contributed by atoms with Crippen LogP contribution in [-0.2, 0) is 22.6 Å². The highest BCUT2D eigenvalue weighted by molar-refractivity contribution is 6.36. The summed E-state index contributed by atoms with van der Waals surface area (Å²) in [5.74, 6) is 1.69. The van der Waals surface area contributed by atoms with Crippen LogP contribution in [0.2, 0.25) is 10.0 Å². The third kappa shape index (κ3) is 8.51. The number of ether oxygens (including phenoxy) is 2. The largest absolute Gasteiger partial charge is 0.489 e. The number of aromatic amines is 1. The molecule has 0 radical (unpaired) electrons. The third-order valence-electron chi connectivity index (χ3n) is 8.93. The quantitative estimate of drug-likeness (QED) is 0.165. The number of carbonyl (C=O) groups excluding carboxylic acids is 2. The number of carbonyl (C=O) groups is 2. The van der Waals surface area contributed by atoms with Gasteiger partial charge in [-0.15, -0.1) is 0 Å². The van der Waals surface area contributed by atoms with Crippen molar-refractivity contribution >= 4 is 35.1 Å². The molecule has 5 rings (SSSR count). The Morgan fingerprint density at radius 2 is 1.63 bits per heavy atom. The van der Waals surface area contributed by atoms with Crippen LogP contribution in [0.25, 0.3) is 11.3 Å². The lowest BCUT2D eigenvalue weighted by molar-refractivity contribution is -0.127. The van der Waals surface area contributed by atoms with Gasteiger partial charge in [-0.3, -0.25) is 4.79 Å². The van der Waals surface area contributed by atoms with Gasteiger partial charge in [0.25, 0.3) is 0 Å². The molecule has 1 aliphatic carbocycles. The van der Waals surface area contributed by atoms with E-state index >= 15 is 0 Å². The molecule has 7 nitrogen and oxygen atoms in total. The van der Waals surface area contributed by atoms with Crippen molar-refractivity contribution in [3.05, 3.63) is 105 Å². The summed E-state index contributed by atoms with van der Waals surface area (Å²) < 4.78 is 10.7. The van der Waals surface area contributed by atoms with Crippen LogP contribution in [0.5, 0.6) is 5.75 Å². The van der Waals surface area contributed by atoms with Crippen LogP contribution in [0.4, 0.5) is 0 Å². The fourth-order valence-corrected chi connectivity index (χ4v) is 6.58. The van der Waals surface area contributed by atoms with Gasteiger partial charge in [-0.25, -0.2) is 9.78 Å². The molecule has 0 unspecified atom stereocenters. The van der Waals surface area contributed by atoms with Crippen molar-refractivity contribution in [3.8, 4) is 17.0 Å². The number of hydrogen-bond donors (Lipinski definition) is 2. The van der Waals surface area contributed by atoms with E-state index in [1.54, 1.807) is 30.5 Å². The summed E-state index contributed by atoms with van der Waals surface area (Å²) in [6, 6.07) is 20.0. The van der Waals surface area contributed by atoms with Crippen molar-refractivity contribution in [1.29, 1.82) is 0 Å². The number of imidazole rings is 1. The topological polar surface area (TPSA) is 93.3 Å². The molecular formula is C37H41Cl2N3O4. The number of aromatic nitrogens is 2. The number of H-pyrrole nitrogens is 1. The van der Waals surface area contributed by atoms with Crippen molar-refractivity contribution in [3.63, 3.8) is 0 Å². The van der Waals surface area contributed by atoms with Crippen molar-refractivity contribution in [2.75, 3.05) is 7.11 Å². The molecule has 3 aromatic carbocycles. The van der Waals surface area contributed by atoms with Crippen LogP contribution in [0.15, 0.2) is 72.9 Å². The summed E-state index contributed by atoms with van der Waals surface area (Å²) in [5, 5.41) is 4.40. The third-order valence-corrected chi connectivity index (χ3v) is 9.48. The number of benzene rings is 3. The fourth-order valence-electron chi connectivity index (χ4n) is 6.06. The van der Waals surface area contributed by atoms with Gasteiger partial charge in [0.05, 0.1) is 35.6 Å². The lowest BCUT2D eigenvalue weighted by Crippen LogP contribution is -2.38. The number of hydrogen-bond acceptors (Lipinski definition) is 5. The summed E-state index contributed by atoms with van der Waals surface area (Å²) in [5.41, 5.74) is 4.25. The Balaban J connectivity index is 1.28. The Morgan fingerprint density at radius 3 is 2.26 bits per heavy atom. The van der Waals surface area contributed by atoms with E-state index in [1.165, 1.54) is 7.11 Å². The molecule has 2 N–H and O–H groups in total. The predicted octanol–water partition coefficient (Wildman–Crippen LogP) is 9.00. The predicted molar refractivity (Wildman–Crippen MR) is 182 cm³/mol. The molecule has 242 valence electrons. The Bertz CT molecular complexity index is 1640. The van der Waals surface area contributed by atoms with Gasteiger partial charge in [0.1, 0.15) is 18.2 Å². The molecule has 0 bridgehead atoms. The van der Waals surface area contributed by atoms with Crippen molar-refractivity contribution in [1.82, 2.24) is 15.3 Å². The van der Waals surface area contributed by atoms with E-state index in [9.17, 15) is 9.59 Å². The molecule has 46 heavy (non-hydrogen) atoms. The number of amides is 1. The smallest absolute Gasteiger partial charge is 0.337 e. The monoisotopic (exact) mass is 661 g/mol. The highest BCUT2D eigenvalue weighted by Crippen LogP contribution is 2.40. The molecule has 9 heteroatoms. The maximum atomic E-state index is 13.6. The lowest BCUT2D eigenvalue weighted by atomic mass is 9.69. The minimum absolute atomic E-state index is 0.0151. The number of halogens is 2. The minimum atomic E-state index is -0.370. The molecule has 0 aliphatic heterocycles. The first kappa shape index (κ1) is 33.6. The molecule has 4 aromatic rings. The molecule has 0 spiro atoms. The van der Waals surface area contributed by atoms with E-state index in [2.05, 4.69) is 36.1 Å². The molecule has 1 fully saturated rings. The van der Waals surface area contributed by atoms with Crippen LogP contribution in [0.3, 0.4) is 0 Å². The average Bonchev–Trinajstić information content (AvgIpc) is 3.53. The summed E-state index contributed by atoms with van der Waals surface area (Å²) in [7, 11) is 1.36. The number of nitrogens with one attached hydrogen (secondary N) is 2. The van der Waals surface area contributed by atoms with Crippen LogP contribution < -0.4 is 10.1 Å². The first-order valence-corrected chi connectivity index (χ1v) is 16.5. The van der Waals surface area contributed by atoms with E-state index in [4.69, 9.17) is 32.7 Å². The van der Waals surface area contributed by atoms with E-state index in [0.717, 1.165) is 53.8 Å². The number of methoxy groups -OCH3 is 1. The zero-order chi connectivity index (χ0) is 32.8. The Morgan fingerprint density at radius 1 is 0.957 bits per heavy atom. The normalized spacial score (nSPS) is 17.3. The SMILES string of the molecule is COC(=O)c1ccc(COc2ccc(C[C@H](NC(=O)C3CCC(C(C)(C)C)CC3)c3ncc(-c4ccc(Cl)cc4Cl)[nH]3)cc2)cc1. The highest BCUT2D eigenvalue weighted by Gasteiger charge is 2.33. The second-order valence-electron chi connectivity index (χ2n) is 13.1. The van der Waals surface area contributed by atoms with Crippen LogP contribution in [0.1, 0.15) is 79.8 Å². The van der Waals surface area contributed by atoms with Crippen LogP contribution >= 0.6 is 23.2 Å². The first-order chi connectivity index (χ1) is 22.0. The molecule has 0 saturated heterocycles. The Kier molecular flexibility index (Phi) is 10.7. The van der Waals surface area contributed by atoms with Gasteiger partial charge in [-0.2, -0.15) is 0 Å². The molecule has 1 atom stereocenters. The van der Waals surface area contributed by atoms with Gasteiger partial charge in [-0.05, 0) is 97.0 Å². The summed E-state index contributed by atoms with van der Waals surface area (Å²) in [6.45, 7) is 7.22. The van der Waals surface area contributed by atoms with Crippen LogP contribution in [-0.4, -0.2) is 29.0 Å². The molecule has 1 heterocycles. The summed E-state index contributed by atoms with van der Waals surface area (Å²) >= 11 is 12.6. The van der Waals surface area contributed by atoms with E-state index < -0.39 is 0 Å². The minimum Gasteiger partial charge on any atom is -0.489 e. The maximum absolute atomic E-state index is 13.6. The lowest BCUT2D eigenvalue weighted by Gasteiger charge is -2.36. The summed E-state index contributed by atoms with van der Waals surface area (Å²) in [6.07, 6.45) is 6.18. The molecule has 1 saturated carbocycles. The van der Waals surface area contributed by atoms with Gasteiger partial charge in [-0.1, -0.05) is 68.2 Å². The standard InChI is InChI=1S/C37H41Cl2N3O4/c1-37(2,3)27-13-11-25(12-14-27)35(43)42-32(34-40-21-33(41-34)30-18-15-28(38)20-31(30)39)19-23-7-16-29(17-8-23)46-22-24-5-9-26(10-6-24)36(44)45-4/h5-10,15-18,20-21,25,27,32H,11-14,19,22H2,1-4H3,(H,40,41)(H,42,43)/t25?,27?,32-/m0/s1. The number of esters is 1. The highest BCUT2D eigenvalue weighted by atomic mass is 35.5. The molecular weight excluding hydrogens is 621 g/mol. The molecule has 1 aromatic heterocycles. The van der Waals surface area contributed by atoms with Crippen LogP contribution in [0, 0.1) is 17.3 Å². The second-order valence-corrected chi connectivity index (χ2v) is 14.0. The van der Waals surface area contributed by atoms with Crippen molar-refractivity contribution in [2.24, 2.45) is 17.3 Å². The Labute approximate surface area is 281 Å². The molecule has 1 amide bonds. The van der Waals surface area contributed by atoms with E-state index in [1.807, 2.05) is 42.5 Å². The van der Waals surface area contributed by atoms with E-state index in [-0.39, 0.29) is 29.3 Å². The van der Waals surface area contributed by atoms with Gasteiger partial charge in [0.15, 0.2) is 0 Å². The second kappa shape index (κ2) is 14.7. The average molecular weight is 663 g/mol. The van der Waals surface area contributed by atoms with E-state index in [0.29, 0.717) is 40.4 Å².